The normalized spacial score (nSPS) is 10.2. The second-order valence-electron chi connectivity index (χ2n) is 4.92. The van der Waals surface area contributed by atoms with Crippen LogP contribution in [-0.4, -0.2) is 32.0 Å². The van der Waals surface area contributed by atoms with E-state index in [1.54, 1.807) is 7.11 Å². The third-order valence-corrected chi connectivity index (χ3v) is 2.80. The van der Waals surface area contributed by atoms with E-state index < -0.39 is 0 Å². The van der Waals surface area contributed by atoms with E-state index in [4.69, 9.17) is 14.6 Å². The van der Waals surface area contributed by atoms with Gasteiger partial charge in [-0.1, -0.05) is 19.9 Å². The van der Waals surface area contributed by atoms with Crippen LogP contribution in [0, 0.1) is 5.92 Å². The molecule has 0 aliphatic rings. The molecular formula is C15H26ClNO3. The zero-order valence-electron chi connectivity index (χ0n) is 12.5. The Morgan fingerprint density at radius 2 is 2.00 bits per heavy atom. The minimum absolute atomic E-state index is 0. The Morgan fingerprint density at radius 3 is 2.60 bits per heavy atom. The first-order valence-electron chi connectivity index (χ1n) is 6.78. The van der Waals surface area contributed by atoms with Crippen molar-refractivity contribution in [3.8, 4) is 11.5 Å². The lowest BCUT2D eigenvalue weighted by Gasteiger charge is -2.12. The molecule has 0 saturated carbocycles. The van der Waals surface area contributed by atoms with Gasteiger partial charge in [-0.2, -0.15) is 0 Å². The van der Waals surface area contributed by atoms with Crippen molar-refractivity contribution >= 4 is 12.4 Å². The van der Waals surface area contributed by atoms with Crippen molar-refractivity contribution in [3.63, 3.8) is 0 Å². The summed E-state index contributed by atoms with van der Waals surface area (Å²) in [5.41, 5.74) is 1.16. The molecule has 1 rings (SSSR count). The molecular weight excluding hydrogens is 278 g/mol. The highest BCUT2D eigenvalue weighted by atomic mass is 35.5. The Morgan fingerprint density at radius 1 is 1.25 bits per heavy atom. The van der Waals surface area contributed by atoms with Crippen LogP contribution in [0.5, 0.6) is 11.5 Å². The molecule has 0 unspecified atom stereocenters. The number of nitrogens with one attached hydrogen (secondary N) is 1. The minimum atomic E-state index is 0. The number of hydrogen-bond acceptors (Lipinski definition) is 4. The molecule has 0 amide bonds. The van der Waals surface area contributed by atoms with Crippen LogP contribution < -0.4 is 14.8 Å². The van der Waals surface area contributed by atoms with E-state index in [1.807, 2.05) is 18.2 Å². The summed E-state index contributed by atoms with van der Waals surface area (Å²) in [6.45, 7) is 6.56. The van der Waals surface area contributed by atoms with Gasteiger partial charge in [0, 0.05) is 6.54 Å². The number of benzene rings is 1. The maximum absolute atomic E-state index is 8.76. The van der Waals surface area contributed by atoms with Gasteiger partial charge in [-0.05, 0) is 36.6 Å². The largest absolute Gasteiger partial charge is 0.493 e. The van der Waals surface area contributed by atoms with Crippen LogP contribution >= 0.6 is 12.4 Å². The third kappa shape index (κ3) is 6.98. The molecule has 1 aromatic rings. The summed E-state index contributed by atoms with van der Waals surface area (Å²) in [6, 6.07) is 5.86. The molecule has 20 heavy (non-hydrogen) atoms. The van der Waals surface area contributed by atoms with Crippen molar-refractivity contribution in [2.45, 2.75) is 26.8 Å². The number of ether oxygens (including phenoxy) is 2. The predicted molar refractivity (Wildman–Crippen MR) is 84.0 cm³/mol. The fourth-order valence-corrected chi connectivity index (χ4v) is 1.72. The number of methoxy groups -OCH3 is 1. The van der Waals surface area contributed by atoms with Crippen molar-refractivity contribution in [2.24, 2.45) is 5.92 Å². The quantitative estimate of drug-likeness (QED) is 0.689. The minimum Gasteiger partial charge on any atom is -0.493 e. The average molecular weight is 304 g/mol. The molecule has 0 aliphatic carbocycles. The Kier molecular flexibility index (Phi) is 10.3. The van der Waals surface area contributed by atoms with E-state index in [0.29, 0.717) is 11.5 Å². The standard InChI is InChI=1S/C15H25NO3.ClH/c1-12(2)6-7-16-11-13-4-5-14(19-9-8-17)15(10-13)18-3;/h4-5,10,12,16-17H,6-9,11H2,1-3H3;1H. The summed E-state index contributed by atoms with van der Waals surface area (Å²) in [7, 11) is 1.62. The number of aliphatic hydroxyl groups is 1. The van der Waals surface area contributed by atoms with Gasteiger partial charge in [0.2, 0.25) is 0 Å². The summed E-state index contributed by atoms with van der Waals surface area (Å²) in [4.78, 5) is 0. The SMILES string of the molecule is COc1cc(CNCCC(C)C)ccc1OCCO.Cl. The highest BCUT2D eigenvalue weighted by Crippen LogP contribution is 2.27. The topological polar surface area (TPSA) is 50.7 Å². The molecule has 116 valence electrons. The molecule has 0 fully saturated rings. The van der Waals surface area contributed by atoms with Gasteiger partial charge in [0.1, 0.15) is 6.61 Å². The summed E-state index contributed by atoms with van der Waals surface area (Å²) in [6.07, 6.45) is 1.18. The Labute approximate surface area is 127 Å². The molecule has 0 aromatic heterocycles. The smallest absolute Gasteiger partial charge is 0.161 e. The maximum Gasteiger partial charge on any atom is 0.161 e. The van der Waals surface area contributed by atoms with Gasteiger partial charge in [-0.25, -0.2) is 0 Å². The van der Waals surface area contributed by atoms with E-state index >= 15 is 0 Å². The molecule has 2 N–H and O–H groups in total. The number of halogens is 1. The first kappa shape index (κ1) is 19.0. The Bertz CT molecular complexity index is 372. The summed E-state index contributed by atoms with van der Waals surface area (Å²) in [5.74, 6) is 2.09. The lowest BCUT2D eigenvalue weighted by molar-refractivity contribution is 0.196. The van der Waals surface area contributed by atoms with Crippen LogP contribution in [0.2, 0.25) is 0 Å². The van der Waals surface area contributed by atoms with Crippen molar-refractivity contribution in [1.82, 2.24) is 5.32 Å². The van der Waals surface area contributed by atoms with Gasteiger partial charge in [0.25, 0.3) is 0 Å². The summed E-state index contributed by atoms with van der Waals surface area (Å²) >= 11 is 0. The fraction of sp³-hybridized carbons (Fsp3) is 0.600. The molecule has 0 radical (unpaired) electrons. The average Bonchev–Trinajstić information content (AvgIpc) is 2.41. The van der Waals surface area contributed by atoms with E-state index in [1.165, 1.54) is 6.42 Å². The molecule has 4 nitrogen and oxygen atoms in total. The van der Waals surface area contributed by atoms with E-state index in [-0.39, 0.29) is 25.6 Å². The number of aliphatic hydroxyl groups excluding tert-OH is 1. The molecule has 1 aromatic carbocycles. The molecule has 0 heterocycles. The van der Waals surface area contributed by atoms with Crippen LogP contribution in [-0.2, 0) is 6.54 Å². The van der Waals surface area contributed by atoms with Gasteiger partial charge in [0.05, 0.1) is 13.7 Å². The molecule has 0 atom stereocenters. The van der Waals surface area contributed by atoms with Crippen molar-refractivity contribution in [1.29, 1.82) is 0 Å². The third-order valence-electron chi connectivity index (χ3n) is 2.80. The van der Waals surface area contributed by atoms with Crippen molar-refractivity contribution in [2.75, 3.05) is 26.9 Å². The van der Waals surface area contributed by atoms with Crippen LogP contribution in [0.15, 0.2) is 18.2 Å². The Hall–Kier alpha value is -0.970. The van der Waals surface area contributed by atoms with E-state index in [2.05, 4.69) is 19.2 Å². The Balaban J connectivity index is 0.00000361. The van der Waals surface area contributed by atoms with E-state index in [0.717, 1.165) is 24.6 Å². The van der Waals surface area contributed by atoms with E-state index in [9.17, 15) is 0 Å². The fourth-order valence-electron chi connectivity index (χ4n) is 1.72. The predicted octanol–water partition coefficient (Wildman–Crippen LogP) is 2.62. The first-order chi connectivity index (χ1) is 9.17. The molecule has 0 saturated heterocycles. The van der Waals surface area contributed by atoms with Gasteiger partial charge >= 0.3 is 0 Å². The van der Waals surface area contributed by atoms with Crippen molar-refractivity contribution < 1.29 is 14.6 Å². The van der Waals surface area contributed by atoms with Gasteiger partial charge in [0.15, 0.2) is 11.5 Å². The van der Waals surface area contributed by atoms with Crippen LogP contribution in [0.25, 0.3) is 0 Å². The number of hydrogen-bond donors (Lipinski definition) is 2. The first-order valence-corrected chi connectivity index (χ1v) is 6.78. The van der Waals surface area contributed by atoms with Crippen molar-refractivity contribution in [3.05, 3.63) is 23.8 Å². The van der Waals surface area contributed by atoms with Gasteiger partial charge < -0.3 is 19.9 Å². The van der Waals surface area contributed by atoms with Crippen LogP contribution in [0.3, 0.4) is 0 Å². The zero-order valence-corrected chi connectivity index (χ0v) is 13.3. The van der Waals surface area contributed by atoms with Crippen LogP contribution in [0.4, 0.5) is 0 Å². The summed E-state index contributed by atoms with van der Waals surface area (Å²) in [5, 5.41) is 12.2. The second-order valence-corrected chi connectivity index (χ2v) is 4.92. The highest BCUT2D eigenvalue weighted by Gasteiger charge is 2.05. The number of rotatable bonds is 9. The van der Waals surface area contributed by atoms with Crippen LogP contribution in [0.1, 0.15) is 25.8 Å². The molecule has 5 heteroatoms. The van der Waals surface area contributed by atoms with Gasteiger partial charge in [-0.3, -0.25) is 0 Å². The monoisotopic (exact) mass is 303 g/mol. The second kappa shape index (κ2) is 10.8. The molecule has 0 spiro atoms. The summed E-state index contributed by atoms with van der Waals surface area (Å²) < 4.78 is 10.7. The zero-order chi connectivity index (χ0) is 14.1. The molecule has 0 bridgehead atoms. The lowest BCUT2D eigenvalue weighted by atomic mass is 10.1. The highest BCUT2D eigenvalue weighted by molar-refractivity contribution is 5.85. The molecule has 0 aliphatic heterocycles. The van der Waals surface area contributed by atoms with Gasteiger partial charge in [-0.15, -0.1) is 12.4 Å². The maximum atomic E-state index is 8.76. The lowest BCUT2D eigenvalue weighted by Crippen LogP contribution is -2.16.